The minimum absolute atomic E-state index is 0. The van der Waals surface area contributed by atoms with Gasteiger partial charge in [0.1, 0.15) is 0 Å². The average molecular weight is 325 g/mol. The van der Waals surface area contributed by atoms with Gasteiger partial charge in [-0.25, -0.2) is 0 Å². The zero-order valence-corrected chi connectivity index (χ0v) is 14.7. The molecule has 1 amide bonds. The topological polar surface area (TPSA) is 41.1 Å². The molecule has 0 spiro atoms. The Labute approximate surface area is 140 Å². The molecule has 2 unspecified atom stereocenters. The molecule has 1 aliphatic heterocycles. The van der Waals surface area contributed by atoms with Crippen LogP contribution in [0.5, 0.6) is 0 Å². The number of carbonyl (C=O) groups is 1. The number of halogens is 1. The van der Waals surface area contributed by atoms with E-state index < -0.39 is 0 Å². The van der Waals surface area contributed by atoms with Gasteiger partial charge < -0.3 is 10.6 Å². The van der Waals surface area contributed by atoms with Gasteiger partial charge in [-0.1, -0.05) is 51.1 Å². The highest BCUT2D eigenvalue weighted by atomic mass is 35.5. The summed E-state index contributed by atoms with van der Waals surface area (Å²) in [4.78, 5) is 12.3. The minimum atomic E-state index is 0. The van der Waals surface area contributed by atoms with Crippen LogP contribution in [0.1, 0.15) is 58.1 Å². The van der Waals surface area contributed by atoms with Crippen molar-refractivity contribution in [1.29, 1.82) is 0 Å². The number of rotatable bonds is 5. The minimum Gasteiger partial charge on any atom is -0.349 e. The fourth-order valence-corrected chi connectivity index (χ4v) is 2.96. The van der Waals surface area contributed by atoms with E-state index in [1.165, 1.54) is 12.0 Å². The summed E-state index contributed by atoms with van der Waals surface area (Å²) in [7, 11) is 0. The molecule has 124 valence electrons. The van der Waals surface area contributed by atoms with E-state index in [2.05, 4.69) is 43.5 Å². The molecule has 1 fully saturated rings. The fraction of sp³-hybridized carbons (Fsp3) is 0.611. The van der Waals surface area contributed by atoms with Gasteiger partial charge in [-0.05, 0) is 36.8 Å². The quantitative estimate of drug-likeness (QED) is 0.864. The Bertz CT molecular complexity index is 450. The summed E-state index contributed by atoms with van der Waals surface area (Å²) >= 11 is 0. The maximum Gasteiger partial charge on any atom is 0.222 e. The van der Waals surface area contributed by atoms with Gasteiger partial charge in [0.2, 0.25) is 5.91 Å². The molecule has 1 aliphatic rings. The van der Waals surface area contributed by atoms with E-state index in [-0.39, 0.29) is 29.8 Å². The lowest BCUT2D eigenvalue weighted by Gasteiger charge is -2.27. The van der Waals surface area contributed by atoms with Gasteiger partial charge in [0.15, 0.2) is 0 Å². The van der Waals surface area contributed by atoms with E-state index in [1.807, 2.05) is 18.2 Å². The molecule has 1 saturated heterocycles. The number of hydrogen-bond acceptors (Lipinski definition) is 2. The van der Waals surface area contributed by atoms with Crippen LogP contribution in [0.2, 0.25) is 0 Å². The van der Waals surface area contributed by atoms with Crippen LogP contribution in [0.25, 0.3) is 0 Å². The second kappa shape index (κ2) is 8.54. The second-order valence-corrected chi connectivity index (χ2v) is 7.29. The maximum atomic E-state index is 12.3. The van der Waals surface area contributed by atoms with Crippen LogP contribution in [-0.4, -0.2) is 18.5 Å². The van der Waals surface area contributed by atoms with Crippen molar-refractivity contribution in [2.24, 2.45) is 5.41 Å². The van der Waals surface area contributed by atoms with E-state index >= 15 is 0 Å². The van der Waals surface area contributed by atoms with Crippen LogP contribution >= 0.6 is 12.4 Å². The van der Waals surface area contributed by atoms with E-state index in [0.29, 0.717) is 12.5 Å². The van der Waals surface area contributed by atoms with Crippen molar-refractivity contribution in [2.45, 2.75) is 58.5 Å². The largest absolute Gasteiger partial charge is 0.349 e. The Hall–Kier alpha value is -1.06. The molecule has 4 heteroatoms. The molecule has 1 heterocycles. The van der Waals surface area contributed by atoms with Gasteiger partial charge in [0.05, 0.1) is 6.04 Å². The second-order valence-electron chi connectivity index (χ2n) is 7.29. The molecule has 0 bridgehead atoms. The highest BCUT2D eigenvalue weighted by Crippen LogP contribution is 2.29. The lowest BCUT2D eigenvalue weighted by atomic mass is 9.85. The molecule has 2 atom stereocenters. The SMILES string of the molecule is CC(C)(C)CC(NC(=O)CC1CCCN1)c1ccccc1.Cl. The Morgan fingerprint density at radius 1 is 1.32 bits per heavy atom. The number of hydrogen-bond donors (Lipinski definition) is 2. The zero-order valence-electron chi connectivity index (χ0n) is 13.9. The van der Waals surface area contributed by atoms with Crippen molar-refractivity contribution in [3.63, 3.8) is 0 Å². The van der Waals surface area contributed by atoms with Crippen LogP contribution < -0.4 is 10.6 Å². The van der Waals surface area contributed by atoms with Gasteiger partial charge in [-0.2, -0.15) is 0 Å². The number of carbonyl (C=O) groups excluding carboxylic acids is 1. The molecule has 1 aromatic carbocycles. The first kappa shape index (κ1) is 19.0. The molecule has 0 saturated carbocycles. The van der Waals surface area contributed by atoms with Crippen molar-refractivity contribution in [1.82, 2.24) is 10.6 Å². The third-order valence-electron chi connectivity index (χ3n) is 3.95. The summed E-state index contributed by atoms with van der Waals surface area (Å²) in [6, 6.07) is 10.7. The van der Waals surface area contributed by atoms with Crippen molar-refractivity contribution in [3.05, 3.63) is 35.9 Å². The molecule has 3 nitrogen and oxygen atoms in total. The third kappa shape index (κ3) is 6.37. The Morgan fingerprint density at radius 2 is 2.00 bits per heavy atom. The number of nitrogens with one attached hydrogen (secondary N) is 2. The van der Waals surface area contributed by atoms with Crippen LogP contribution in [0, 0.1) is 5.41 Å². The fourth-order valence-electron chi connectivity index (χ4n) is 2.96. The lowest BCUT2D eigenvalue weighted by molar-refractivity contribution is -0.122. The van der Waals surface area contributed by atoms with Gasteiger partial charge in [0.25, 0.3) is 0 Å². The van der Waals surface area contributed by atoms with Gasteiger partial charge in [0, 0.05) is 12.5 Å². The van der Waals surface area contributed by atoms with Crippen LogP contribution in [0.3, 0.4) is 0 Å². The summed E-state index contributed by atoms with van der Waals surface area (Å²) in [5.74, 6) is 0.160. The molecule has 0 aromatic heterocycles. The monoisotopic (exact) mass is 324 g/mol. The van der Waals surface area contributed by atoms with E-state index in [9.17, 15) is 4.79 Å². The molecular weight excluding hydrogens is 296 g/mol. The summed E-state index contributed by atoms with van der Waals surface area (Å²) < 4.78 is 0. The predicted octanol–water partition coefficient (Wildman–Crippen LogP) is 3.84. The summed E-state index contributed by atoms with van der Waals surface area (Å²) in [5, 5.41) is 6.63. The van der Waals surface area contributed by atoms with Gasteiger partial charge >= 0.3 is 0 Å². The number of benzene rings is 1. The first-order valence-electron chi connectivity index (χ1n) is 8.02. The van der Waals surface area contributed by atoms with Crippen LogP contribution in [0.15, 0.2) is 30.3 Å². The highest BCUT2D eigenvalue weighted by molar-refractivity contribution is 5.85. The molecule has 22 heavy (non-hydrogen) atoms. The predicted molar refractivity (Wildman–Crippen MR) is 94.3 cm³/mol. The lowest BCUT2D eigenvalue weighted by Crippen LogP contribution is -2.35. The Morgan fingerprint density at radius 3 is 2.55 bits per heavy atom. The van der Waals surface area contributed by atoms with Crippen molar-refractivity contribution in [2.75, 3.05) is 6.54 Å². The summed E-state index contributed by atoms with van der Waals surface area (Å²) in [6.45, 7) is 7.69. The van der Waals surface area contributed by atoms with Crippen molar-refractivity contribution in [3.8, 4) is 0 Å². The van der Waals surface area contributed by atoms with Gasteiger partial charge in [-0.3, -0.25) is 4.79 Å². The molecule has 2 N–H and O–H groups in total. The smallest absolute Gasteiger partial charge is 0.222 e. The Balaban J connectivity index is 0.00000242. The standard InChI is InChI=1S/C18H28N2O.ClH/c1-18(2,3)13-16(14-8-5-4-6-9-14)20-17(21)12-15-10-7-11-19-15;/h4-6,8-9,15-16,19H,7,10-13H2,1-3H3,(H,20,21);1H. The van der Waals surface area contributed by atoms with Crippen molar-refractivity contribution >= 4 is 18.3 Å². The molecule has 0 aliphatic carbocycles. The van der Waals surface area contributed by atoms with E-state index in [1.54, 1.807) is 0 Å². The van der Waals surface area contributed by atoms with Crippen molar-refractivity contribution < 1.29 is 4.79 Å². The summed E-state index contributed by atoms with van der Waals surface area (Å²) in [5.41, 5.74) is 1.37. The highest BCUT2D eigenvalue weighted by Gasteiger charge is 2.24. The first-order valence-corrected chi connectivity index (χ1v) is 8.02. The maximum absolute atomic E-state index is 12.3. The molecule has 1 aromatic rings. The molecule has 2 rings (SSSR count). The zero-order chi connectivity index (χ0) is 15.3. The van der Waals surface area contributed by atoms with E-state index in [0.717, 1.165) is 19.4 Å². The summed E-state index contributed by atoms with van der Waals surface area (Å²) in [6.07, 6.45) is 3.83. The van der Waals surface area contributed by atoms with Crippen LogP contribution in [0.4, 0.5) is 0 Å². The third-order valence-corrected chi connectivity index (χ3v) is 3.95. The van der Waals surface area contributed by atoms with Gasteiger partial charge in [-0.15, -0.1) is 12.4 Å². The molecular formula is C18H29ClN2O. The normalized spacial score (nSPS) is 19.3. The van der Waals surface area contributed by atoms with Crippen LogP contribution in [-0.2, 0) is 4.79 Å². The first-order chi connectivity index (χ1) is 9.94. The average Bonchev–Trinajstić information content (AvgIpc) is 2.90. The Kier molecular flexibility index (Phi) is 7.37. The molecule has 0 radical (unpaired) electrons. The number of amides is 1. The van der Waals surface area contributed by atoms with E-state index in [4.69, 9.17) is 0 Å².